The summed E-state index contributed by atoms with van der Waals surface area (Å²) >= 11 is 0. The first-order valence-electron chi connectivity index (χ1n) is 9.29. The summed E-state index contributed by atoms with van der Waals surface area (Å²) in [5.41, 5.74) is 2.34. The molecule has 2 heterocycles. The van der Waals surface area contributed by atoms with Gasteiger partial charge in [0.25, 0.3) is 11.5 Å². The Bertz CT molecular complexity index is 1090. The van der Waals surface area contributed by atoms with Gasteiger partial charge >= 0.3 is 0 Å². The third-order valence-corrected chi connectivity index (χ3v) is 4.89. The van der Waals surface area contributed by atoms with Crippen LogP contribution in [-0.4, -0.2) is 34.3 Å². The van der Waals surface area contributed by atoms with Crippen LogP contribution in [0.1, 0.15) is 21.6 Å². The summed E-state index contributed by atoms with van der Waals surface area (Å²) < 4.78 is 6.61. The summed E-state index contributed by atoms with van der Waals surface area (Å²) in [6, 6.07) is 15.3. The van der Waals surface area contributed by atoms with Gasteiger partial charge < -0.3 is 15.0 Å². The highest BCUT2D eigenvalue weighted by molar-refractivity contribution is 5.91. The second-order valence-corrected chi connectivity index (χ2v) is 6.82. The summed E-state index contributed by atoms with van der Waals surface area (Å²) in [6.45, 7) is 3.35. The minimum absolute atomic E-state index is 0.201. The van der Waals surface area contributed by atoms with E-state index in [1.165, 1.54) is 4.57 Å². The van der Waals surface area contributed by atoms with Crippen molar-refractivity contribution in [2.75, 3.05) is 18.6 Å². The van der Waals surface area contributed by atoms with Crippen LogP contribution < -0.4 is 20.5 Å². The number of fused-ring (bicyclic) bond motifs is 1. The van der Waals surface area contributed by atoms with E-state index in [2.05, 4.69) is 15.5 Å². The van der Waals surface area contributed by atoms with Gasteiger partial charge in [-0.1, -0.05) is 29.8 Å². The Kier molecular flexibility index (Phi) is 4.99. The van der Waals surface area contributed by atoms with Crippen molar-refractivity contribution in [1.29, 1.82) is 0 Å². The molecule has 2 aromatic carbocycles. The highest BCUT2D eigenvalue weighted by atomic mass is 16.5. The van der Waals surface area contributed by atoms with Crippen molar-refractivity contribution >= 4 is 17.5 Å². The molecule has 1 aromatic heterocycles. The lowest BCUT2D eigenvalue weighted by atomic mass is 10.2. The van der Waals surface area contributed by atoms with Crippen molar-refractivity contribution in [1.82, 2.24) is 20.1 Å². The lowest BCUT2D eigenvalue weighted by molar-refractivity contribution is 0.0942. The van der Waals surface area contributed by atoms with Crippen molar-refractivity contribution in [2.45, 2.75) is 20.0 Å². The van der Waals surface area contributed by atoms with Crippen LogP contribution in [0, 0.1) is 6.92 Å². The number of hydrogen-bond acceptors (Lipinski definition) is 6. The average molecular weight is 391 g/mol. The fraction of sp³-hybridized carbons (Fsp3) is 0.238. The van der Waals surface area contributed by atoms with Crippen LogP contribution in [0.25, 0.3) is 0 Å². The van der Waals surface area contributed by atoms with Crippen molar-refractivity contribution in [3.63, 3.8) is 0 Å². The predicted molar refractivity (Wildman–Crippen MR) is 109 cm³/mol. The van der Waals surface area contributed by atoms with E-state index in [4.69, 9.17) is 4.74 Å². The number of benzene rings is 2. The van der Waals surface area contributed by atoms with Gasteiger partial charge in [-0.15, -0.1) is 10.2 Å². The smallest absolute Gasteiger partial charge is 0.286 e. The van der Waals surface area contributed by atoms with Gasteiger partial charge in [-0.3, -0.25) is 14.2 Å². The van der Waals surface area contributed by atoms with E-state index in [9.17, 15) is 9.59 Å². The first-order chi connectivity index (χ1) is 14.1. The molecule has 8 nitrogen and oxygen atoms in total. The summed E-state index contributed by atoms with van der Waals surface area (Å²) in [5.74, 6) is 0.647. The molecule has 148 valence electrons. The molecule has 0 aliphatic carbocycles. The first-order valence-corrected chi connectivity index (χ1v) is 9.29. The number of nitrogens with one attached hydrogen (secondary N) is 1. The van der Waals surface area contributed by atoms with E-state index >= 15 is 0 Å². The zero-order valence-corrected chi connectivity index (χ0v) is 16.3. The standard InChI is InChI=1S/C21H21N5O3/c1-14-3-7-16(8-4-14)25-11-12-26-20(28)18(23-24-21(25)26)19(27)22-13-15-5-9-17(29-2)10-6-15/h3-10H,11-13H2,1-2H3,(H,22,27). The van der Waals surface area contributed by atoms with E-state index in [1.54, 1.807) is 7.11 Å². The van der Waals surface area contributed by atoms with Crippen LogP contribution in [0.15, 0.2) is 53.3 Å². The number of amides is 1. The number of ether oxygens (including phenoxy) is 1. The second-order valence-electron chi connectivity index (χ2n) is 6.82. The second kappa shape index (κ2) is 7.75. The fourth-order valence-electron chi connectivity index (χ4n) is 3.23. The average Bonchev–Trinajstić information content (AvgIpc) is 3.18. The van der Waals surface area contributed by atoms with Gasteiger partial charge in [-0.05, 0) is 36.8 Å². The number of anilines is 2. The minimum Gasteiger partial charge on any atom is -0.497 e. The monoisotopic (exact) mass is 391 g/mol. The zero-order chi connectivity index (χ0) is 20.4. The first kappa shape index (κ1) is 18.7. The molecule has 1 aliphatic rings. The highest BCUT2D eigenvalue weighted by Gasteiger charge is 2.27. The molecular formula is C21H21N5O3. The molecule has 1 N–H and O–H groups in total. The summed E-state index contributed by atoms with van der Waals surface area (Å²) in [7, 11) is 1.59. The molecule has 0 saturated carbocycles. The molecule has 0 bridgehead atoms. The largest absolute Gasteiger partial charge is 0.497 e. The molecule has 1 amide bonds. The van der Waals surface area contributed by atoms with Crippen LogP contribution in [-0.2, 0) is 13.1 Å². The van der Waals surface area contributed by atoms with Crippen molar-refractivity contribution < 1.29 is 9.53 Å². The topological polar surface area (TPSA) is 89.3 Å². The lowest BCUT2D eigenvalue weighted by Crippen LogP contribution is -2.34. The molecular weight excluding hydrogens is 370 g/mol. The molecule has 3 aromatic rings. The number of nitrogens with zero attached hydrogens (tertiary/aromatic N) is 4. The number of hydrogen-bond donors (Lipinski definition) is 1. The maximum atomic E-state index is 12.8. The van der Waals surface area contributed by atoms with Crippen molar-refractivity contribution in [2.24, 2.45) is 0 Å². The lowest BCUT2D eigenvalue weighted by Gasteiger charge is -2.16. The molecule has 0 spiro atoms. The van der Waals surface area contributed by atoms with Crippen LogP contribution >= 0.6 is 0 Å². The van der Waals surface area contributed by atoms with E-state index in [-0.39, 0.29) is 12.2 Å². The normalized spacial score (nSPS) is 12.6. The van der Waals surface area contributed by atoms with Crippen molar-refractivity contribution in [3.05, 3.63) is 75.7 Å². The Balaban J connectivity index is 1.51. The van der Waals surface area contributed by atoms with Gasteiger partial charge in [0.15, 0.2) is 0 Å². The third-order valence-electron chi connectivity index (χ3n) is 4.89. The van der Waals surface area contributed by atoms with Crippen LogP contribution in [0.4, 0.5) is 11.6 Å². The molecule has 0 atom stereocenters. The summed E-state index contributed by atoms with van der Waals surface area (Å²) in [5, 5.41) is 10.8. The molecule has 0 saturated heterocycles. The van der Waals surface area contributed by atoms with Crippen LogP contribution in [0.5, 0.6) is 5.75 Å². The number of methoxy groups -OCH3 is 1. The van der Waals surface area contributed by atoms with Gasteiger partial charge in [0.05, 0.1) is 7.11 Å². The Morgan fingerprint density at radius 1 is 1.07 bits per heavy atom. The maximum absolute atomic E-state index is 12.8. The predicted octanol–water partition coefficient (Wildman–Crippen LogP) is 2.04. The molecule has 29 heavy (non-hydrogen) atoms. The molecule has 0 unspecified atom stereocenters. The quantitative estimate of drug-likeness (QED) is 0.716. The Morgan fingerprint density at radius 3 is 2.48 bits per heavy atom. The van der Waals surface area contributed by atoms with Gasteiger partial charge in [0, 0.05) is 25.3 Å². The Morgan fingerprint density at radius 2 is 1.79 bits per heavy atom. The number of carbonyl (C=O) groups excluding carboxylic acids is 1. The van der Waals surface area contributed by atoms with Gasteiger partial charge in [-0.2, -0.15) is 0 Å². The Labute approximate surface area is 167 Å². The molecule has 4 rings (SSSR count). The van der Waals surface area contributed by atoms with E-state index < -0.39 is 11.5 Å². The molecule has 8 heteroatoms. The third kappa shape index (κ3) is 3.69. The SMILES string of the molecule is COc1ccc(CNC(=O)c2nnc3n(c2=O)CCN3c2ccc(C)cc2)cc1. The van der Waals surface area contributed by atoms with Crippen molar-refractivity contribution in [3.8, 4) is 5.75 Å². The van der Waals surface area contributed by atoms with E-state index in [1.807, 2.05) is 60.4 Å². The molecule has 0 radical (unpaired) electrons. The number of rotatable bonds is 5. The number of aryl methyl sites for hydroxylation is 1. The Hall–Kier alpha value is -3.68. The van der Waals surface area contributed by atoms with Gasteiger partial charge in [0.1, 0.15) is 5.75 Å². The van der Waals surface area contributed by atoms with Gasteiger partial charge in [0.2, 0.25) is 11.6 Å². The molecule has 1 aliphatic heterocycles. The summed E-state index contributed by atoms with van der Waals surface area (Å²) in [4.78, 5) is 27.2. The number of aromatic nitrogens is 3. The number of carbonyl (C=O) groups is 1. The van der Waals surface area contributed by atoms with E-state index in [0.717, 1.165) is 22.6 Å². The molecule has 0 fully saturated rings. The fourth-order valence-corrected chi connectivity index (χ4v) is 3.23. The highest BCUT2D eigenvalue weighted by Crippen LogP contribution is 2.26. The van der Waals surface area contributed by atoms with Crippen LogP contribution in [0.2, 0.25) is 0 Å². The van der Waals surface area contributed by atoms with E-state index in [0.29, 0.717) is 19.0 Å². The van der Waals surface area contributed by atoms with Crippen LogP contribution in [0.3, 0.4) is 0 Å². The zero-order valence-electron chi connectivity index (χ0n) is 16.3. The van der Waals surface area contributed by atoms with Gasteiger partial charge in [-0.25, -0.2) is 0 Å². The minimum atomic E-state index is -0.539. The maximum Gasteiger partial charge on any atom is 0.286 e. The summed E-state index contributed by atoms with van der Waals surface area (Å²) in [6.07, 6.45) is 0.